The van der Waals surface area contributed by atoms with Gasteiger partial charge in [0.25, 0.3) is 0 Å². The number of aryl methyl sites for hydroxylation is 2. The number of pyridine rings is 1. The minimum absolute atomic E-state index is 0.188. The van der Waals surface area contributed by atoms with Crippen LogP contribution in [0.25, 0.3) is 11.1 Å². The first kappa shape index (κ1) is 20.4. The maximum atomic E-state index is 11.2. The molecule has 3 aromatic rings. The van der Waals surface area contributed by atoms with E-state index in [1.807, 2.05) is 13.8 Å². The highest BCUT2D eigenvalue weighted by atomic mass is 16.4. The zero-order valence-electron chi connectivity index (χ0n) is 17.2. The van der Waals surface area contributed by atoms with Crippen molar-refractivity contribution in [2.45, 2.75) is 47.1 Å². The number of carboxylic acid groups (broad SMARTS) is 1. The first-order valence-electron chi connectivity index (χ1n) is 9.62. The van der Waals surface area contributed by atoms with Gasteiger partial charge in [0.2, 0.25) is 0 Å². The van der Waals surface area contributed by atoms with E-state index in [9.17, 15) is 9.90 Å². The summed E-state index contributed by atoms with van der Waals surface area (Å²) in [5, 5.41) is 26.1. The Morgan fingerprint density at radius 3 is 2.48 bits per heavy atom. The van der Waals surface area contributed by atoms with Crippen molar-refractivity contribution in [2.75, 3.05) is 0 Å². The number of tetrazole rings is 1. The fourth-order valence-electron chi connectivity index (χ4n) is 3.46. The Hall–Kier alpha value is -3.29. The molecule has 3 N–H and O–H groups in total. The molecule has 0 bridgehead atoms. The van der Waals surface area contributed by atoms with E-state index in [0.717, 1.165) is 45.6 Å². The van der Waals surface area contributed by atoms with Crippen molar-refractivity contribution in [1.82, 2.24) is 30.9 Å². The zero-order chi connectivity index (χ0) is 21.0. The van der Waals surface area contributed by atoms with Gasteiger partial charge in [0.1, 0.15) is 0 Å². The molecule has 3 rings (SSSR count). The predicted octanol–water partition coefficient (Wildman–Crippen LogP) is 3.44. The third-order valence-corrected chi connectivity index (χ3v) is 4.77. The Morgan fingerprint density at radius 2 is 1.90 bits per heavy atom. The number of aromatic nitrogens is 5. The summed E-state index contributed by atoms with van der Waals surface area (Å²) in [6.45, 7) is 8.46. The van der Waals surface area contributed by atoms with Crippen LogP contribution < -0.4 is 5.32 Å². The molecule has 1 amide bonds. The number of H-pyrrole nitrogens is 1. The molecule has 0 aliphatic heterocycles. The summed E-state index contributed by atoms with van der Waals surface area (Å²) in [6, 6.07) is 8.24. The van der Waals surface area contributed by atoms with Gasteiger partial charge >= 0.3 is 6.09 Å². The number of rotatable bonds is 7. The third kappa shape index (κ3) is 4.96. The first-order valence-corrected chi connectivity index (χ1v) is 9.62. The van der Waals surface area contributed by atoms with E-state index in [1.54, 1.807) is 0 Å². The summed E-state index contributed by atoms with van der Waals surface area (Å²) in [7, 11) is 0. The van der Waals surface area contributed by atoms with E-state index in [1.165, 1.54) is 0 Å². The van der Waals surface area contributed by atoms with Gasteiger partial charge in [-0.3, -0.25) is 4.98 Å². The molecule has 0 radical (unpaired) electrons. The second-order valence-corrected chi connectivity index (χ2v) is 7.60. The summed E-state index contributed by atoms with van der Waals surface area (Å²) in [5.41, 5.74) is 6.85. The SMILES string of the molecule is Cc1ccc(-c2c(Cc3nn[nH]n3)c(C)nc(CC(C)C)c2CNC(=O)O)cc1. The fourth-order valence-corrected chi connectivity index (χ4v) is 3.46. The summed E-state index contributed by atoms with van der Waals surface area (Å²) in [4.78, 5) is 16.1. The van der Waals surface area contributed by atoms with E-state index >= 15 is 0 Å². The van der Waals surface area contributed by atoms with Gasteiger partial charge < -0.3 is 10.4 Å². The van der Waals surface area contributed by atoms with Gasteiger partial charge in [-0.25, -0.2) is 4.79 Å². The Morgan fingerprint density at radius 1 is 1.17 bits per heavy atom. The van der Waals surface area contributed by atoms with Crippen molar-refractivity contribution in [3.8, 4) is 11.1 Å². The van der Waals surface area contributed by atoms with E-state index < -0.39 is 6.09 Å². The molecule has 8 nitrogen and oxygen atoms in total. The Balaban J connectivity index is 2.24. The molecular weight excluding hydrogens is 368 g/mol. The van der Waals surface area contributed by atoms with Crippen LogP contribution in [0.15, 0.2) is 24.3 Å². The molecule has 0 saturated heterocycles. The smallest absolute Gasteiger partial charge is 0.404 e. The minimum Gasteiger partial charge on any atom is -0.465 e. The lowest BCUT2D eigenvalue weighted by Gasteiger charge is -2.21. The molecule has 0 aliphatic carbocycles. The van der Waals surface area contributed by atoms with Gasteiger partial charge in [0.15, 0.2) is 5.82 Å². The van der Waals surface area contributed by atoms with Gasteiger partial charge in [-0.2, -0.15) is 5.21 Å². The van der Waals surface area contributed by atoms with Gasteiger partial charge in [0.05, 0.1) is 0 Å². The average Bonchev–Trinajstić information content (AvgIpc) is 3.16. The number of carbonyl (C=O) groups is 1. The lowest BCUT2D eigenvalue weighted by Crippen LogP contribution is -2.23. The lowest BCUT2D eigenvalue weighted by molar-refractivity contribution is 0.194. The summed E-state index contributed by atoms with van der Waals surface area (Å²) < 4.78 is 0. The predicted molar refractivity (Wildman–Crippen MR) is 110 cm³/mol. The molecular formula is C21H26N6O2. The Bertz CT molecular complexity index is 981. The standard InChI is InChI=1S/C21H26N6O2/c1-12(2)9-18-17(11-22-21(28)29)20(15-7-5-13(3)6-8-15)16(14(4)23-18)10-19-24-26-27-25-19/h5-8,12,22H,9-11H2,1-4H3,(H,28,29)(H,24,25,26,27). The molecule has 152 valence electrons. The molecule has 0 saturated carbocycles. The Labute approximate surface area is 169 Å². The monoisotopic (exact) mass is 394 g/mol. The van der Waals surface area contributed by atoms with E-state index in [2.05, 4.69) is 64.1 Å². The van der Waals surface area contributed by atoms with Crippen molar-refractivity contribution >= 4 is 6.09 Å². The molecule has 0 fully saturated rings. The zero-order valence-corrected chi connectivity index (χ0v) is 17.2. The maximum absolute atomic E-state index is 11.2. The van der Waals surface area contributed by atoms with Crippen LogP contribution in [0.1, 0.15) is 47.8 Å². The second-order valence-electron chi connectivity index (χ2n) is 7.60. The van der Waals surface area contributed by atoms with E-state index in [4.69, 9.17) is 4.98 Å². The van der Waals surface area contributed by atoms with E-state index in [0.29, 0.717) is 18.2 Å². The molecule has 29 heavy (non-hydrogen) atoms. The number of hydrogen-bond acceptors (Lipinski definition) is 5. The minimum atomic E-state index is -1.06. The quantitative estimate of drug-likeness (QED) is 0.565. The number of amides is 1. The topological polar surface area (TPSA) is 117 Å². The second kappa shape index (κ2) is 8.81. The van der Waals surface area contributed by atoms with Crippen molar-refractivity contribution in [2.24, 2.45) is 5.92 Å². The summed E-state index contributed by atoms with van der Waals surface area (Å²) in [6.07, 6.45) is 0.162. The van der Waals surface area contributed by atoms with Crippen molar-refractivity contribution in [3.63, 3.8) is 0 Å². The largest absolute Gasteiger partial charge is 0.465 e. The normalized spacial score (nSPS) is 11.1. The van der Waals surface area contributed by atoms with Gasteiger partial charge in [-0.05, 0) is 42.9 Å². The average molecular weight is 394 g/mol. The van der Waals surface area contributed by atoms with Crippen LogP contribution in [0.5, 0.6) is 0 Å². The molecule has 8 heteroatoms. The van der Waals surface area contributed by atoms with Crippen LogP contribution in [0, 0.1) is 19.8 Å². The van der Waals surface area contributed by atoms with Crippen LogP contribution in [0.2, 0.25) is 0 Å². The fraction of sp³-hybridized carbons (Fsp3) is 0.381. The van der Waals surface area contributed by atoms with Crippen molar-refractivity contribution in [1.29, 1.82) is 0 Å². The molecule has 0 atom stereocenters. The molecule has 0 unspecified atom stereocenters. The van der Waals surface area contributed by atoms with Gasteiger partial charge in [0, 0.05) is 29.9 Å². The van der Waals surface area contributed by atoms with Gasteiger partial charge in [-0.15, -0.1) is 10.2 Å². The number of nitrogens with one attached hydrogen (secondary N) is 2. The van der Waals surface area contributed by atoms with Crippen LogP contribution >= 0.6 is 0 Å². The number of nitrogens with zero attached hydrogens (tertiary/aromatic N) is 4. The number of benzene rings is 1. The lowest BCUT2D eigenvalue weighted by atomic mass is 9.88. The molecule has 2 aromatic heterocycles. The molecule has 0 aliphatic rings. The summed E-state index contributed by atoms with van der Waals surface area (Å²) >= 11 is 0. The molecule has 0 spiro atoms. The molecule has 1 aromatic carbocycles. The maximum Gasteiger partial charge on any atom is 0.404 e. The highest BCUT2D eigenvalue weighted by molar-refractivity contribution is 5.74. The first-order chi connectivity index (χ1) is 13.8. The highest BCUT2D eigenvalue weighted by Crippen LogP contribution is 2.33. The molecule has 2 heterocycles. The van der Waals surface area contributed by atoms with E-state index in [-0.39, 0.29) is 6.54 Å². The van der Waals surface area contributed by atoms with Crippen molar-refractivity contribution < 1.29 is 9.90 Å². The Kier molecular flexibility index (Phi) is 6.21. The van der Waals surface area contributed by atoms with Crippen molar-refractivity contribution in [3.05, 3.63) is 58.2 Å². The van der Waals surface area contributed by atoms with Crippen LogP contribution in [-0.4, -0.2) is 36.8 Å². The van der Waals surface area contributed by atoms with Crippen LogP contribution in [0.4, 0.5) is 4.79 Å². The van der Waals surface area contributed by atoms with Crippen LogP contribution in [0.3, 0.4) is 0 Å². The summed E-state index contributed by atoms with van der Waals surface area (Å²) in [5.74, 6) is 0.955. The number of hydrogen-bond donors (Lipinski definition) is 3. The highest BCUT2D eigenvalue weighted by Gasteiger charge is 2.21. The number of aromatic amines is 1. The third-order valence-electron chi connectivity index (χ3n) is 4.77. The van der Waals surface area contributed by atoms with Crippen LogP contribution in [-0.2, 0) is 19.4 Å². The van der Waals surface area contributed by atoms with Gasteiger partial charge in [-0.1, -0.05) is 48.9 Å².